The Morgan fingerprint density at radius 2 is 1.93 bits per heavy atom. The van der Waals surface area contributed by atoms with E-state index in [1.807, 2.05) is 6.07 Å². The Balaban J connectivity index is 3.29. The first-order valence-corrected chi connectivity index (χ1v) is 5.56. The molecule has 1 aromatic carbocycles. The molecule has 0 fully saturated rings. The smallest absolute Gasteiger partial charge is 0.207 e. The molecule has 0 aliphatic rings. The van der Waals surface area contributed by atoms with Gasteiger partial charge in [0.15, 0.2) is 0 Å². The highest BCUT2D eigenvalue weighted by Gasteiger charge is 2.31. The van der Waals surface area contributed by atoms with Crippen molar-refractivity contribution in [2.75, 3.05) is 0 Å². The van der Waals surface area contributed by atoms with E-state index in [9.17, 15) is 21.6 Å². The molecule has 14 heavy (non-hydrogen) atoms. The summed E-state index contributed by atoms with van der Waals surface area (Å²) in [6.45, 7) is 0. The van der Waals surface area contributed by atoms with Crippen LogP contribution in [0.25, 0.3) is 0 Å². The summed E-state index contributed by atoms with van der Waals surface area (Å²) in [7, 11) is 0.738. The number of hydrogen-bond donors (Lipinski definition) is 0. The van der Waals surface area contributed by atoms with Gasteiger partial charge in [-0.1, -0.05) is 6.07 Å². The lowest BCUT2D eigenvalue weighted by Gasteiger charge is -2.06. The molecule has 0 amide bonds. The molecule has 0 aliphatic carbocycles. The molecule has 0 N–H and O–H groups in total. The Kier molecular flexibility index (Phi) is 2.78. The molecule has 0 atom stereocenters. The average molecular weight is 244 g/mol. The third kappa shape index (κ3) is 2.62. The molecule has 0 spiro atoms. The molecule has 0 saturated heterocycles. The molecule has 0 bridgehead atoms. The SMILES string of the molecule is O=S(=O)(Cl)c1cc[c]c(C(F)(F)F)c1. The Morgan fingerprint density at radius 1 is 1.36 bits per heavy atom. The van der Waals surface area contributed by atoms with Crippen LogP contribution in [-0.2, 0) is 15.2 Å². The molecule has 1 aromatic rings. The van der Waals surface area contributed by atoms with Crippen LogP contribution in [0.15, 0.2) is 23.1 Å². The third-order valence-corrected chi connectivity index (χ3v) is 2.71. The molecule has 77 valence electrons. The summed E-state index contributed by atoms with van der Waals surface area (Å²) in [5, 5.41) is 0. The lowest BCUT2D eigenvalue weighted by Crippen LogP contribution is -2.06. The molecule has 0 aromatic heterocycles. The fourth-order valence-corrected chi connectivity index (χ4v) is 1.54. The topological polar surface area (TPSA) is 34.1 Å². The van der Waals surface area contributed by atoms with Crippen LogP contribution in [0.1, 0.15) is 5.56 Å². The van der Waals surface area contributed by atoms with Crippen molar-refractivity contribution in [2.45, 2.75) is 11.1 Å². The van der Waals surface area contributed by atoms with E-state index in [-0.39, 0.29) is 0 Å². The molecule has 0 saturated carbocycles. The van der Waals surface area contributed by atoms with Crippen LogP contribution in [0.5, 0.6) is 0 Å². The second-order valence-corrected chi connectivity index (χ2v) is 4.94. The van der Waals surface area contributed by atoms with Crippen molar-refractivity contribution in [1.29, 1.82) is 0 Å². The van der Waals surface area contributed by atoms with Crippen LogP contribution in [0, 0.1) is 6.07 Å². The van der Waals surface area contributed by atoms with Gasteiger partial charge in [0, 0.05) is 10.7 Å². The first-order valence-electron chi connectivity index (χ1n) is 3.25. The van der Waals surface area contributed by atoms with E-state index in [1.165, 1.54) is 0 Å². The van der Waals surface area contributed by atoms with Gasteiger partial charge in [-0.25, -0.2) is 8.42 Å². The zero-order valence-electron chi connectivity index (χ0n) is 6.47. The second kappa shape index (κ2) is 3.43. The standard InChI is InChI=1S/C7H3ClF3O2S/c8-14(12,13)6-3-1-2-5(4-6)7(9,10)11/h1,3-4H. The summed E-state index contributed by atoms with van der Waals surface area (Å²) in [6, 6.07) is 4.11. The molecule has 0 unspecified atom stereocenters. The van der Waals surface area contributed by atoms with Crippen LogP contribution in [0.4, 0.5) is 13.2 Å². The van der Waals surface area contributed by atoms with Gasteiger partial charge in [-0.3, -0.25) is 0 Å². The van der Waals surface area contributed by atoms with Gasteiger partial charge in [-0.2, -0.15) is 13.2 Å². The lowest BCUT2D eigenvalue weighted by atomic mass is 10.2. The van der Waals surface area contributed by atoms with Gasteiger partial charge < -0.3 is 0 Å². The highest BCUT2D eigenvalue weighted by molar-refractivity contribution is 8.13. The Labute approximate surface area is 82.7 Å². The minimum absolute atomic E-state index is 0.433. The van der Waals surface area contributed by atoms with E-state index in [0.717, 1.165) is 12.1 Å². The Hall–Kier alpha value is -0.750. The van der Waals surface area contributed by atoms with Crippen molar-refractivity contribution in [3.8, 4) is 0 Å². The summed E-state index contributed by atoms with van der Waals surface area (Å²) in [5.74, 6) is 0. The van der Waals surface area contributed by atoms with Gasteiger partial charge in [0.05, 0.1) is 10.5 Å². The first-order chi connectivity index (χ1) is 6.21. The van der Waals surface area contributed by atoms with Gasteiger partial charge in [0.25, 0.3) is 9.05 Å². The second-order valence-electron chi connectivity index (χ2n) is 2.37. The summed E-state index contributed by atoms with van der Waals surface area (Å²) in [6.07, 6.45) is -4.63. The monoisotopic (exact) mass is 243 g/mol. The van der Waals surface area contributed by atoms with Crippen molar-refractivity contribution in [2.24, 2.45) is 0 Å². The molecule has 7 heteroatoms. The van der Waals surface area contributed by atoms with E-state index in [1.54, 1.807) is 0 Å². The minimum Gasteiger partial charge on any atom is -0.207 e. The maximum atomic E-state index is 12.1. The number of benzene rings is 1. The fraction of sp³-hybridized carbons (Fsp3) is 0.143. The zero-order chi connectivity index (χ0) is 11.0. The molecule has 0 heterocycles. The van der Waals surface area contributed by atoms with Gasteiger partial charge in [0.2, 0.25) is 0 Å². The first kappa shape index (κ1) is 11.3. The van der Waals surface area contributed by atoms with Gasteiger partial charge >= 0.3 is 6.18 Å². The average Bonchev–Trinajstić information content (AvgIpc) is 2.01. The van der Waals surface area contributed by atoms with Crippen LogP contribution in [-0.4, -0.2) is 8.42 Å². The molecular formula is C7H3ClF3O2S. The largest absolute Gasteiger partial charge is 0.417 e. The normalized spacial score (nSPS) is 12.9. The van der Waals surface area contributed by atoms with Crippen LogP contribution in [0.3, 0.4) is 0 Å². The van der Waals surface area contributed by atoms with E-state index >= 15 is 0 Å². The molecular weight excluding hydrogens is 241 g/mol. The zero-order valence-corrected chi connectivity index (χ0v) is 8.04. The van der Waals surface area contributed by atoms with Crippen molar-refractivity contribution in [3.05, 3.63) is 29.8 Å². The lowest BCUT2D eigenvalue weighted by molar-refractivity contribution is -0.137. The van der Waals surface area contributed by atoms with E-state index in [2.05, 4.69) is 0 Å². The summed E-state index contributed by atoms with van der Waals surface area (Å²) >= 11 is 0. The van der Waals surface area contributed by atoms with Crippen LogP contribution < -0.4 is 0 Å². The van der Waals surface area contributed by atoms with Crippen molar-refractivity contribution >= 4 is 19.7 Å². The Bertz CT molecular complexity index is 438. The van der Waals surface area contributed by atoms with Crippen molar-refractivity contribution in [1.82, 2.24) is 0 Å². The van der Waals surface area contributed by atoms with E-state index < -0.39 is 25.7 Å². The Morgan fingerprint density at radius 3 is 2.36 bits per heavy atom. The van der Waals surface area contributed by atoms with Crippen molar-refractivity contribution < 1.29 is 21.6 Å². The number of hydrogen-bond acceptors (Lipinski definition) is 2. The fourth-order valence-electron chi connectivity index (χ4n) is 0.761. The molecule has 0 aliphatic heterocycles. The number of alkyl halides is 3. The molecule has 1 rings (SSSR count). The minimum atomic E-state index is -4.63. The predicted molar refractivity (Wildman–Crippen MR) is 43.3 cm³/mol. The predicted octanol–water partition coefficient (Wildman–Crippen LogP) is 2.43. The van der Waals surface area contributed by atoms with Gasteiger partial charge in [-0.15, -0.1) is 0 Å². The summed E-state index contributed by atoms with van der Waals surface area (Å²) in [4.78, 5) is -0.592. The third-order valence-electron chi connectivity index (χ3n) is 1.36. The highest BCUT2D eigenvalue weighted by atomic mass is 35.7. The summed E-state index contributed by atoms with van der Waals surface area (Å²) < 4.78 is 57.7. The maximum Gasteiger partial charge on any atom is 0.417 e. The molecule has 2 nitrogen and oxygen atoms in total. The highest BCUT2D eigenvalue weighted by Crippen LogP contribution is 2.30. The van der Waals surface area contributed by atoms with Crippen LogP contribution in [0.2, 0.25) is 0 Å². The maximum absolute atomic E-state index is 12.1. The van der Waals surface area contributed by atoms with E-state index in [0.29, 0.717) is 6.07 Å². The number of halogens is 4. The quantitative estimate of drug-likeness (QED) is 0.710. The van der Waals surface area contributed by atoms with Gasteiger partial charge in [0.1, 0.15) is 0 Å². The summed E-state index contributed by atoms with van der Waals surface area (Å²) in [5.41, 5.74) is -1.17. The van der Waals surface area contributed by atoms with Crippen molar-refractivity contribution in [3.63, 3.8) is 0 Å². The molecule has 1 radical (unpaired) electrons. The van der Waals surface area contributed by atoms with Gasteiger partial charge in [-0.05, 0) is 18.2 Å². The number of rotatable bonds is 1. The van der Waals surface area contributed by atoms with Crippen LogP contribution >= 0.6 is 10.7 Å². The van der Waals surface area contributed by atoms with E-state index in [4.69, 9.17) is 10.7 Å².